The molecule has 1 aliphatic rings. The van der Waals surface area contributed by atoms with Crippen molar-refractivity contribution in [2.24, 2.45) is 0 Å². The largest absolute Gasteiger partial charge is 0.314 e. The highest BCUT2D eigenvalue weighted by Gasteiger charge is 2.37. The van der Waals surface area contributed by atoms with Crippen LogP contribution in [-0.4, -0.2) is 9.78 Å². The number of para-hydroxylation sites is 1. The second-order valence-corrected chi connectivity index (χ2v) is 9.21. The van der Waals surface area contributed by atoms with E-state index in [2.05, 4.69) is 111 Å². The molecule has 0 aliphatic carbocycles. The molecule has 3 aromatic carbocycles. The molecule has 4 aromatic rings. The Labute approximate surface area is 185 Å². The molecule has 5 rings (SSSR count). The quantitative estimate of drug-likeness (QED) is 0.315. The molecule has 2 heterocycles. The maximum Gasteiger partial charge on any atom is 0.314 e. The standard InChI is InChI=1S/C28H30N3/c1-18(2)22-15-10-16-23(19(3)4)26(22)31-27(24-13-8-6-11-20(24)5)29-30-17-21-12-7-9-14-25(21)28(30)31/h6-16,18-19H,17H2,1-5H3/q+1. The number of hydrogen-bond acceptors (Lipinski definition) is 1. The first-order valence-corrected chi connectivity index (χ1v) is 11.3. The van der Waals surface area contributed by atoms with Gasteiger partial charge in [0.05, 0.1) is 11.1 Å². The Morgan fingerprint density at radius 3 is 2.03 bits per heavy atom. The van der Waals surface area contributed by atoms with E-state index in [1.807, 2.05) is 0 Å². The van der Waals surface area contributed by atoms with Crippen molar-refractivity contribution in [1.29, 1.82) is 0 Å². The average molecular weight is 409 g/mol. The summed E-state index contributed by atoms with van der Waals surface area (Å²) in [5.74, 6) is 3.04. The van der Waals surface area contributed by atoms with Crippen LogP contribution in [0.4, 0.5) is 0 Å². The lowest BCUT2D eigenvalue weighted by molar-refractivity contribution is -0.573. The van der Waals surface area contributed by atoms with Gasteiger partial charge >= 0.3 is 5.82 Å². The summed E-state index contributed by atoms with van der Waals surface area (Å²) in [4.78, 5) is 0. The van der Waals surface area contributed by atoms with Gasteiger partial charge in [-0.2, -0.15) is 4.57 Å². The van der Waals surface area contributed by atoms with Crippen LogP contribution in [0.1, 0.15) is 61.8 Å². The minimum Gasteiger partial charge on any atom is -0.189 e. The van der Waals surface area contributed by atoms with Crippen molar-refractivity contribution in [3.05, 3.63) is 89.0 Å². The zero-order valence-corrected chi connectivity index (χ0v) is 19.1. The second kappa shape index (κ2) is 7.49. The molecule has 1 aromatic heterocycles. The molecule has 0 unspecified atom stereocenters. The third-order valence-corrected chi connectivity index (χ3v) is 6.41. The second-order valence-electron chi connectivity index (χ2n) is 9.21. The summed E-state index contributed by atoms with van der Waals surface area (Å²) in [7, 11) is 0. The van der Waals surface area contributed by atoms with Crippen molar-refractivity contribution in [3.8, 4) is 28.5 Å². The van der Waals surface area contributed by atoms with Crippen molar-refractivity contribution in [2.75, 3.05) is 0 Å². The molecule has 0 bridgehead atoms. The van der Waals surface area contributed by atoms with E-state index in [4.69, 9.17) is 5.10 Å². The molecule has 0 fully saturated rings. The first-order chi connectivity index (χ1) is 15.0. The Morgan fingerprint density at radius 2 is 1.39 bits per heavy atom. The summed E-state index contributed by atoms with van der Waals surface area (Å²) in [6.45, 7) is 12.1. The molecule has 3 nitrogen and oxygen atoms in total. The van der Waals surface area contributed by atoms with Crippen molar-refractivity contribution in [1.82, 2.24) is 9.78 Å². The molecule has 156 valence electrons. The summed E-state index contributed by atoms with van der Waals surface area (Å²) >= 11 is 0. The van der Waals surface area contributed by atoms with Crippen molar-refractivity contribution in [2.45, 2.75) is 53.0 Å². The molecule has 0 saturated carbocycles. The molecule has 0 amide bonds. The summed E-state index contributed by atoms with van der Waals surface area (Å²) in [5.41, 5.74) is 9.08. The van der Waals surface area contributed by atoms with Crippen LogP contribution < -0.4 is 4.57 Å². The van der Waals surface area contributed by atoms with Crippen LogP contribution >= 0.6 is 0 Å². The molecular formula is C28H30N3+. The minimum absolute atomic E-state index is 0.415. The molecule has 31 heavy (non-hydrogen) atoms. The highest BCUT2D eigenvalue weighted by atomic mass is 15.4. The highest BCUT2D eigenvalue weighted by Crippen LogP contribution is 2.36. The maximum absolute atomic E-state index is 5.19. The van der Waals surface area contributed by atoms with E-state index in [1.165, 1.54) is 44.9 Å². The van der Waals surface area contributed by atoms with E-state index in [-0.39, 0.29) is 0 Å². The van der Waals surface area contributed by atoms with Crippen LogP contribution in [-0.2, 0) is 6.54 Å². The fraction of sp³-hybridized carbons (Fsp3) is 0.286. The van der Waals surface area contributed by atoms with Gasteiger partial charge in [-0.15, -0.1) is 4.68 Å². The first-order valence-electron chi connectivity index (χ1n) is 11.3. The molecule has 0 spiro atoms. The Balaban J connectivity index is 1.92. The van der Waals surface area contributed by atoms with Gasteiger partial charge in [0, 0.05) is 10.7 Å². The third kappa shape index (κ3) is 3.11. The number of fused-ring (bicyclic) bond motifs is 3. The molecule has 3 heteroatoms. The van der Waals surface area contributed by atoms with Gasteiger partial charge in [-0.3, -0.25) is 0 Å². The zero-order chi connectivity index (χ0) is 21.7. The van der Waals surface area contributed by atoms with Crippen molar-refractivity contribution < 1.29 is 4.57 Å². The summed E-state index contributed by atoms with van der Waals surface area (Å²) in [6, 6.07) is 24.1. The normalized spacial score (nSPS) is 12.5. The minimum atomic E-state index is 0.415. The van der Waals surface area contributed by atoms with Gasteiger partial charge in [-0.05, 0) is 47.6 Å². The lowest BCUT2D eigenvalue weighted by atomic mass is 9.92. The Hall–Kier alpha value is -3.20. The van der Waals surface area contributed by atoms with E-state index < -0.39 is 0 Å². The predicted molar refractivity (Wildman–Crippen MR) is 127 cm³/mol. The van der Waals surface area contributed by atoms with Gasteiger partial charge in [-0.1, -0.05) is 82.3 Å². The number of benzene rings is 3. The SMILES string of the molecule is Cc1ccccc1-c1nn2c([n+]1-c1c(C(C)C)cccc1C(C)C)-c1ccccc1C2. The molecular weight excluding hydrogens is 378 g/mol. The highest BCUT2D eigenvalue weighted by molar-refractivity contribution is 5.66. The Bertz CT molecular complexity index is 1250. The van der Waals surface area contributed by atoms with Gasteiger partial charge in [0.15, 0.2) is 0 Å². The zero-order valence-electron chi connectivity index (χ0n) is 19.1. The Morgan fingerprint density at radius 1 is 0.774 bits per heavy atom. The topological polar surface area (TPSA) is 21.7 Å². The van der Waals surface area contributed by atoms with Crippen LogP contribution in [0.5, 0.6) is 0 Å². The Kier molecular flexibility index (Phi) is 4.77. The predicted octanol–water partition coefficient (Wildman–Crippen LogP) is 6.41. The first kappa shape index (κ1) is 19.7. The number of aryl methyl sites for hydroxylation is 1. The van der Waals surface area contributed by atoms with Gasteiger partial charge < -0.3 is 0 Å². The number of nitrogens with zero attached hydrogens (tertiary/aromatic N) is 3. The summed E-state index contributed by atoms with van der Waals surface area (Å²) < 4.78 is 4.63. The lowest BCUT2D eigenvalue weighted by Crippen LogP contribution is -2.37. The van der Waals surface area contributed by atoms with Crippen molar-refractivity contribution in [3.63, 3.8) is 0 Å². The molecule has 0 N–H and O–H groups in total. The van der Waals surface area contributed by atoms with E-state index in [0.717, 1.165) is 12.4 Å². The van der Waals surface area contributed by atoms with Gasteiger partial charge in [0.2, 0.25) is 0 Å². The maximum atomic E-state index is 5.19. The summed E-state index contributed by atoms with van der Waals surface area (Å²) in [5, 5.41) is 5.19. The van der Waals surface area contributed by atoms with Crippen LogP contribution in [0.15, 0.2) is 66.7 Å². The van der Waals surface area contributed by atoms with E-state index in [0.29, 0.717) is 11.8 Å². The smallest absolute Gasteiger partial charge is 0.189 e. The van der Waals surface area contributed by atoms with Crippen LogP contribution in [0, 0.1) is 6.92 Å². The third-order valence-electron chi connectivity index (χ3n) is 6.41. The molecule has 0 atom stereocenters. The van der Waals surface area contributed by atoms with E-state index in [9.17, 15) is 0 Å². The average Bonchev–Trinajstić information content (AvgIpc) is 3.29. The molecule has 0 saturated heterocycles. The molecule has 1 aliphatic heterocycles. The van der Waals surface area contributed by atoms with E-state index in [1.54, 1.807) is 0 Å². The number of rotatable bonds is 4. The van der Waals surface area contributed by atoms with Crippen LogP contribution in [0.3, 0.4) is 0 Å². The number of aromatic nitrogens is 3. The fourth-order valence-electron chi connectivity index (χ4n) is 4.81. The van der Waals surface area contributed by atoms with Crippen molar-refractivity contribution >= 4 is 0 Å². The van der Waals surface area contributed by atoms with Crippen LogP contribution in [0.25, 0.3) is 28.5 Å². The lowest BCUT2D eigenvalue weighted by Gasteiger charge is -2.19. The van der Waals surface area contributed by atoms with Gasteiger partial charge in [0.1, 0.15) is 12.2 Å². The number of hydrogen-bond donors (Lipinski definition) is 0. The fourth-order valence-corrected chi connectivity index (χ4v) is 4.81. The molecule has 0 radical (unpaired) electrons. The van der Waals surface area contributed by atoms with Crippen LogP contribution in [0.2, 0.25) is 0 Å². The van der Waals surface area contributed by atoms with E-state index >= 15 is 0 Å². The van der Waals surface area contributed by atoms with Gasteiger partial charge in [-0.25, -0.2) is 0 Å². The monoisotopic (exact) mass is 408 g/mol. The van der Waals surface area contributed by atoms with Gasteiger partial charge in [0.25, 0.3) is 5.82 Å². The summed E-state index contributed by atoms with van der Waals surface area (Å²) in [6.07, 6.45) is 0.